The van der Waals surface area contributed by atoms with Crippen molar-refractivity contribution in [2.45, 2.75) is 19.9 Å². The van der Waals surface area contributed by atoms with Crippen molar-refractivity contribution in [1.82, 2.24) is 10.3 Å². The van der Waals surface area contributed by atoms with E-state index in [0.29, 0.717) is 5.82 Å². The van der Waals surface area contributed by atoms with Gasteiger partial charge in [-0.15, -0.1) is 0 Å². The molecule has 0 atom stereocenters. The minimum absolute atomic E-state index is 0.0126. The molecule has 7 heteroatoms. The molecule has 0 bridgehead atoms. The monoisotopic (exact) mass is 351 g/mol. The third-order valence-corrected chi connectivity index (χ3v) is 3.64. The summed E-state index contributed by atoms with van der Waals surface area (Å²) in [6.07, 6.45) is 1.64. The summed E-state index contributed by atoms with van der Waals surface area (Å²) in [7, 11) is 0. The molecular weight excluding hydrogens is 337 g/mol. The van der Waals surface area contributed by atoms with Crippen LogP contribution in [0.4, 0.5) is 10.2 Å². The fourth-order valence-corrected chi connectivity index (χ4v) is 2.65. The molecule has 0 saturated heterocycles. The zero-order chi connectivity index (χ0) is 17.0. The number of benzene rings is 1. The van der Waals surface area contributed by atoms with Gasteiger partial charge in [0.15, 0.2) is 5.11 Å². The molecule has 1 aromatic heterocycles. The minimum atomic E-state index is -0.508. The van der Waals surface area contributed by atoms with Gasteiger partial charge in [0, 0.05) is 12.2 Å². The molecule has 1 aromatic carbocycles. The second kappa shape index (κ2) is 7.48. The van der Waals surface area contributed by atoms with Crippen molar-refractivity contribution in [2.75, 3.05) is 4.90 Å². The van der Waals surface area contributed by atoms with Crippen molar-refractivity contribution in [2.24, 2.45) is 0 Å². The lowest BCUT2D eigenvalue weighted by Gasteiger charge is -2.28. The first-order chi connectivity index (χ1) is 10.9. The van der Waals surface area contributed by atoms with E-state index >= 15 is 0 Å². The molecule has 0 aliphatic carbocycles. The summed E-state index contributed by atoms with van der Waals surface area (Å²) in [6, 6.07) is 8.98. The van der Waals surface area contributed by atoms with Crippen LogP contribution in [-0.2, 0) is 0 Å². The number of amides is 1. The molecule has 1 N–H and O–H groups in total. The van der Waals surface area contributed by atoms with E-state index in [-0.39, 0.29) is 21.7 Å². The Morgan fingerprint density at radius 2 is 2.09 bits per heavy atom. The van der Waals surface area contributed by atoms with E-state index in [9.17, 15) is 9.18 Å². The Bertz CT molecular complexity index is 725. The highest BCUT2D eigenvalue weighted by Gasteiger charge is 2.20. The van der Waals surface area contributed by atoms with Gasteiger partial charge in [-0.2, -0.15) is 0 Å². The number of halogens is 2. The predicted molar refractivity (Wildman–Crippen MR) is 93.3 cm³/mol. The smallest absolute Gasteiger partial charge is 0.258 e. The van der Waals surface area contributed by atoms with Gasteiger partial charge in [0.1, 0.15) is 11.6 Å². The fraction of sp³-hybridized carbons (Fsp3) is 0.188. The minimum Gasteiger partial charge on any atom is -0.301 e. The first kappa shape index (κ1) is 17.3. The molecule has 120 valence electrons. The van der Waals surface area contributed by atoms with Crippen LogP contribution in [0.3, 0.4) is 0 Å². The number of hydrogen-bond acceptors (Lipinski definition) is 3. The quantitative estimate of drug-likeness (QED) is 0.854. The zero-order valence-corrected chi connectivity index (χ0v) is 14.2. The largest absolute Gasteiger partial charge is 0.301 e. The Labute approximate surface area is 144 Å². The molecule has 2 rings (SSSR count). The number of pyridine rings is 1. The van der Waals surface area contributed by atoms with Crippen molar-refractivity contribution >= 4 is 40.7 Å². The fourth-order valence-electron chi connectivity index (χ4n) is 2.00. The average molecular weight is 352 g/mol. The maximum absolute atomic E-state index is 13.1. The van der Waals surface area contributed by atoms with Crippen LogP contribution < -0.4 is 10.2 Å². The zero-order valence-electron chi connectivity index (χ0n) is 12.6. The maximum atomic E-state index is 13.1. The van der Waals surface area contributed by atoms with Crippen molar-refractivity contribution in [3.63, 3.8) is 0 Å². The number of anilines is 1. The SMILES string of the molecule is CC(C)N(C(=S)NC(=O)c1ccc(F)cc1Cl)c1ccccn1. The number of aromatic nitrogens is 1. The van der Waals surface area contributed by atoms with Crippen LogP contribution in [0.25, 0.3) is 0 Å². The third-order valence-electron chi connectivity index (χ3n) is 3.03. The van der Waals surface area contributed by atoms with Crippen molar-refractivity contribution < 1.29 is 9.18 Å². The van der Waals surface area contributed by atoms with Gasteiger partial charge >= 0.3 is 0 Å². The van der Waals surface area contributed by atoms with Gasteiger partial charge in [-0.3, -0.25) is 10.1 Å². The number of rotatable bonds is 3. The van der Waals surface area contributed by atoms with E-state index < -0.39 is 11.7 Å². The lowest BCUT2D eigenvalue weighted by atomic mass is 10.2. The van der Waals surface area contributed by atoms with E-state index in [2.05, 4.69) is 10.3 Å². The highest BCUT2D eigenvalue weighted by Crippen LogP contribution is 2.18. The van der Waals surface area contributed by atoms with Crippen molar-refractivity contribution in [1.29, 1.82) is 0 Å². The van der Waals surface area contributed by atoms with Crippen LogP contribution in [0.15, 0.2) is 42.6 Å². The summed E-state index contributed by atoms with van der Waals surface area (Å²) in [4.78, 5) is 18.2. The van der Waals surface area contributed by atoms with Gasteiger partial charge < -0.3 is 4.90 Å². The van der Waals surface area contributed by atoms with Crippen molar-refractivity contribution in [3.8, 4) is 0 Å². The highest BCUT2D eigenvalue weighted by molar-refractivity contribution is 7.80. The van der Waals surface area contributed by atoms with Gasteiger partial charge in [-0.05, 0) is 56.4 Å². The van der Waals surface area contributed by atoms with E-state index in [0.717, 1.165) is 6.07 Å². The number of carbonyl (C=O) groups is 1. The Kier molecular flexibility index (Phi) is 5.63. The first-order valence-corrected chi connectivity index (χ1v) is 7.69. The molecule has 2 aromatic rings. The summed E-state index contributed by atoms with van der Waals surface area (Å²) in [5.41, 5.74) is 0.153. The van der Waals surface area contributed by atoms with E-state index in [1.807, 2.05) is 19.9 Å². The predicted octanol–water partition coefficient (Wildman–Crippen LogP) is 3.80. The standard InChI is InChI=1S/C16H15ClFN3OS/c1-10(2)21(14-5-3-4-8-19-14)16(23)20-15(22)12-7-6-11(18)9-13(12)17/h3-10H,1-2H3,(H,20,22,23). The Balaban J connectivity index is 2.20. The van der Waals surface area contributed by atoms with Crippen LogP contribution in [0.2, 0.25) is 5.02 Å². The van der Waals surface area contributed by atoms with Crippen LogP contribution >= 0.6 is 23.8 Å². The molecule has 0 saturated carbocycles. The Morgan fingerprint density at radius 3 is 2.65 bits per heavy atom. The lowest BCUT2D eigenvalue weighted by Crippen LogP contribution is -2.46. The molecule has 23 heavy (non-hydrogen) atoms. The number of hydrogen-bond donors (Lipinski definition) is 1. The van der Waals surface area contributed by atoms with Gasteiger partial charge in [-0.25, -0.2) is 9.37 Å². The summed E-state index contributed by atoms with van der Waals surface area (Å²) in [5.74, 6) is -0.383. The Hall–Kier alpha value is -2.05. The van der Waals surface area contributed by atoms with Crippen LogP contribution in [0, 0.1) is 5.82 Å². The van der Waals surface area contributed by atoms with E-state index in [4.69, 9.17) is 23.8 Å². The van der Waals surface area contributed by atoms with Gasteiger partial charge in [0.05, 0.1) is 10.6 Å². The maximum Gasteiger partial charge on any atom is 0.258 e. The topological polar surface area (TPSA) is 45.2 Å². The molecule has 4 nitrogen and oxygen atoms in total. The third kappa shape index (κ3) is 4.24. The van der Waals surface area contributed by atoms with Gasteiger partial charge in [0.2, 0.25) is 0 Å². The molecule has 0 unspecified atom stereocenters. The number of nitrogens with one attached hydrogen (secondary N) is 1. The molecule has 1 heterocycles. The first-order valence-electron chi connectivity index (χ1n) is 6.90. The average Bonchev–Trinajstić information content (AvgIpc) is 2.47. The summed E-state index contributed by atoms with van der Waals surface area (Å²) in [6.45, 7) is 3.86. The molecule has 0 aliphatic rings. The highest BCUT2D eigenvalue weighted by atomic mass is 35.5. The molecule has 1 amide bonds. The second-order valence-corrected chi connectivity index (χ2v) is 5.83. The van der Waals surface area contributed by atoms with E-state index in [1.165, 1.54) is 12.1 Å². The lowest BCUT2D eigenvalue weighted by molar-refractivity contribution is 0.0977. The summed E-state index contributed by atoms with van der Waals surface area (Å²) >= 11 is 11.2. The van der Waals surface area contributed by atoms with Crippen LogP contribution in [0.1, 0.15) is 24.2 Å². The van der Waals surface area contributed by atoms with Gasteiger partial charge in [0.25, 0.3) is 5.91 Å². The molecular formula is C16H15ClFN3OS. The van der Waals surface area contributed by atoms with E-state index in [1.54, 1.807) is 23.2 Å². The van der Waals surface area contributed by atoms with Gasteiger partial charge in [-0.1, -0.05) is 17.7 Å². The number of thiocarbonyl (C=S) groups is 1. The van der Waals surface area contributed by atoms with Crippen LogP contribution in [0.5, 0.6) is 0 Å². The van der Waals surface area contributed by atoms with Crippen molar-refractivity contribution in [3.05, 3.63) is 59.0 Å². The molecule has 0 radical (unpaired) electrons. The molecule has 0 aliphatic heterocycles. The molecule has 0 fully saturated rings. The summed E-state index contributed by atoms with van der Waals surface area (Å²) in [5, 5.41) is 2.83. The second-order valence-electron chi connectivity index (χ2n) is 5.04. The number of nitrogens with zero attached hydrogens (tertiary/aromatic N) is 2. The van der Waals surface area contributed by atoms with Crippen LogP contribution in [-0.4, -0.2) is 22.0 Å². The normalized spacial score (nSPS) is 10.5. The summed E-state index contributed by atoms with van der Waals surface area (Å²) < 4.78 is 13.1. The molecule has 0 spiro atoms. The number of carbonyl (C=O) groups excluding carboxylic acids is 1. The Morgan fingerprint density at radius 1 is 1.35 bits per heavy atom.